The van der Waals surface area contributed by atoms with Gasteiger partial charge in [0.15, 0.2) is 0 Å². The maximum absolute atomic E-state index is 12.1. The van der Waals surface area contributed by atoms with Gasteiger partial charge in [-0.2, -0.15) is 0 Å². The fraction of sp³-hybridized carbons (Fsp3) is 0.529. The van der Waals surface area contributed by atoms with Crippen molar-refractivity contribution in [1.82, 2.24) is 0 Å². The van der Waals surface area contributed by atoms with Crippen LogP contribution >= 0.6 is 0 Å². The number of rotatable bonds is 5. The number of nitrogens with one attached hydrogen (secondary N) is 2. The molecule has 1 fully saturated rings. The van der Waals surface area contributed by atoms with Crippen molar-refractivity contribution in [3.05, 3.63) is 24.3 Å². The standard InChI is InChI=1S/C17H24N2O3/c1-12(2)11-16(20)18-14-3-5-15(6-4-14)19-17(21)13-7-9-22-10-8-13/h3-6,12-13H,7-11H2,1-2H3,(H,18,20)(H,19,21). The molecule has 120 valence electrons. The maximum atomic E-state index is 12.1. The molecule has 0 spiro atoms. The van der Waals surface area contributed by atoms with Gasteiger partial charge in [0.25, 0.3) is 0 Å². The van der Waals surface area contributed by atoms with Crippen LogP contribution in [0.3, 0.4) is 0 Å². The second-order valence-corrected chi connectivity index (χ2v) is 6.10. The lowest BCUT2D eigenvalue weighted by Crippen LogP contribution is -2.28. The summed E-state index contributed by atoms with van der Waals surface area (Å²) in [5.41, 5.74) is 1.49. The Morgan fingerprint density at radius 2 is 1.64 bits per heavy atom. The highest BCUT2D eigenvalue weighted by Crippen LogP contribution is 2.19. The highest BCUT2D eigenvalue weighted by atomic mass is 16.5. The van der Waals surface area contributed by atoms with E-state index in [9.17, 15) is 9.59 Å². The van der Waals surface area contributed by atoms with E-state index in [2.05, 4.69) is 10.6 Å². The van der Waals surface area contributed by atoms with Crippen molar-refractivity contribution in [2.24, 2.45) is 11.8 Å². The van der Waals surface area contributed by atoms with Crippen LogP contribution in [0, 0.1) is 11.8 Å². The summed E-state index contributed by atoms with van der Waals surface area (Å²) in [5.74, 6) is 0.408. The highest BCUT2D eigenvalue weighted by Gasteiger charge is 2.21. The van der Waals surface area contributed by atoms with E-state index in [1.54, 1.807) is 12.1 Å². The molecule has 0 aliphatic carbocycles. The Hall–Kier alpha value is -1.88. The smallest absolute Gasteiger partial charge is 0.227 e. The van der Waals surface area contributed by atoms with Crippen molar-refractivity contribution in [2.75, 3.05) is 23.8 Å². The molecule has 1 aliphatic heterocycles. The van der Waals surface area contributed by atoms with E-state index >= 15 is 0 Å². The molecule has 0 bridgehead atoms. The third kappa shape index (κ3) is 5.15. The first-order chi connectivity index (χ1) is 10.5. The van der Waals surface area contributed by atoms with Crippen molar-refractivity contribution in [3.8, 4) is 0 Å². The van der Waals surface area contributed by atoms with Crippen LogP contribution in [0.1, 0.15) is 33.1 Å². The first kappa shape index (κ1) is 16.5. The molecule has 1 saturated heterocycles. The summed E-state index contributed by atoms with van der Waals surface area (Å²) >= 11 is 0. The molecule has 1 aliphatic rings. The summed E-state index contributed by atoms with van der Waals surface area (Å²) in [4.78, 5) is 23.8. The third-order valence-corrected chi connectivity index (χ3v) is 3.62. The van der Waals surface area contributed by atoms with Gasteiger partial charge in [-0.1, -0.05) is 13.8 Å². The number of ether oxygens (including phenoxy) is 1. The van der Waals surface area contributed by atoms with Gasteiger partial charge in [0.05, 0.1) is 0 Å². The SMILES string of the molecule is CC(C)CC(=O)Nc1ccc(NC(=O)C2CCOCC2)cc1. The minimum absolute atomic E-state index is 0.00833. The molecule has 5 heteroatoms. The fourth-order valence-corrected chi connectivity index (χ4v) is 2.42. The summed E-state index contributed by atoms with van der Waals surface area (Å²) in [6.07, 6.45) is 2.05. The molecule has 2 N–H and O–H groups in total. The Morgan fingerprint density at radius 3 is 2.18 bits per heavy atom. The molecule has 22 heavy (non-hydrogen) atoms. The molecule has 0 radical (unpaired) electrons. The van der Waals surface area contributed by atoms with Crippen LogP contribution in [0.2, 0.25) is 0 Å². The van der Waals surface area contributed by atoms with E-state index in [-0.39, 0.29) is 17.7 Å². The number of amides is 2. The molecule has 1 aromatic rings. The van der Waals surface area contributed by atoms with E-state index in [1.807, 2.05) is 26.0 Å². The van der Waals surface area contributed by atoms with Crippen molar-refractivity contribution in [3.63, 3.8) is 0 Å². The van der Waals surface area contributed by atoms with Crippen molar-refractivity contribution in [2.45, 2.75) is 33.1 Å². The van der Waals surface area contributed by atoms with E-state index in [4.69, 9.17) is 4.74 Å². The molecule has 0 saturated carbocycles. The lowest BCUT2D eigenvalue weighted by molar-refractivity contribution is -0.122. The van der Waals surface area contributed by atoms with Crippen LogP contribution < -0.4 is 10.6 Å². The van der Waals surface area contributed by atoms with Crippen LogP contribution in [0.5, 0.6) is 0 Å². The zero-order chi connectivity index (χ0) is 15.9. The molecular weight excluding hydrogens is 280 g/mol. The van der Waals surface area contributed by atoms with Gasteiger partial charge in [-0.3, -0.25) is 9.59 Å². The predicted molar refractivity (Wildman–Crippen MR) is 86.7 cm³/mol. The van der Waals surface area contributed by atoms with E-state index < -0.39 is 0 Å². The van der Waals surface area contributed by atoms with Gasteiger partial charge >= 0.3 is 0 Å². The van der Waals surface area contributed by atoms with Gasteiger partial charge in [-0.15, -0.1) is 0 Å². The van der Waals surface area contributed by atoms with Gasteiger partial charge in [0, 0.05) is 36.9 Å². The average molecular weight is 304 g/mol. The number of carbonyl (C=O) groups excluding carboxylic acids is 2. The zero-order valence-electron chi connectivity index (χ0n) is 13.2. The summed E-state index contributed by atoms with van der Waals surface area (Å²) < 4.78 is 5.26. The minimum Gasteiger partial charge on any atom is -0.381 e. The molecule has 1 heterocycles. The van der Waals surface area contributed by atoms with Crippen LogP contribution in [-0.2, 0) is 14.3 Å². The number of anilines is 2. The van der Waals surface area contributed by atoms with Gasteiger partial charge in [0.2, 0.25) is 11.8 Å². The lowest BCUT2D eigenvalue weighted by Gasteiger charge is -2.21. The monoisotopic (exact) mass is 304 g/mol. The quantitative estimate of drug-likeness (QED) is 0.878. The van der Waals surface area contributed by atoms with Gasteiger partial charge in [-0.05, 0) is 43.0 Å². The first-order valence-corrected chi connectivity index (χ1v) is 7.83. The molecule has 0 aromatic heterocycles. The van der Waals surface area contributed by atoms with E-state index in [1.165, 1.54) is 0 Å². The highest BCUT2D eigenvalue weighted by molar-refractivity contribution is 5.94. The number of carbonyl (C=O) groups is 2. The normalized spacial score (nSPS) is 15.6. The molecule has 5 nitrogen and oxygen atoms in total. The predicted octanol–water partition coefficient (Wildman–Crippen LogP) is 3.04. The van der Waals surface area contributed by atoms with Crippen LogP contribution in [0.25, 0.3) is 0 Å². The Bertz CT molecular complexity index is 505. The van der Waals surface area contributed by atoms with Crippen molar-refractivity contribution in [1.29, 1.82) is 0 Å². The van der Waals surface area contributed by atoms with E-state index in [0.717, 1.165) is 24.2 Å². The minimum atomic E-state index is 0.00833. The zero-order valence-corrected chi connectivity index (χ0v) is 13.2. The Morgan fingerprint density at radius 1 is 1.09 bits per heavy atom. The topological polar surface area (TPSA) is 67.4 Å². The molecule has 2 amide bonds. The fourth-order valence-electron chi connectivity index (χ4n) is 2.42. The van der Waals surface area contributed by atoms with Gasteiger partial charge in [0.1, 0.15) is 0 Å². The van der Waals surface area contributed by atoms with Gasteiger partial charge in [-0.25, -0.2) is 0 Å². The second-order valence-electron chi connectivity index (χ2n) is 6.10. The van der Waals surface area contributed by atoms with Crippen molar-refractivity contribution < 1.29 is 14.3 Å². The van der Waals surface area contributed by atoms with Crippen LogP contribution in [-0.4, -0.2) is 25.0 Å². The molecule has 0 atom stereocenters. The Kier molecular flexibility index (Phi) is 5.95. The first-order valence-electron chi connectivity index (χ1n) is 7.83. The number of hydrogen-bond acceptors (Lipinski definition) is 3. The summed E-state index contributed by atoms with van der Waals surface area (Å²) in [6, 6.07) is 7.22. The summed E-state index contributed by atoms with van der Waals surface area (Å²) in [5, 5.41) is 5.77. The average Bonchev–Trinajstić information content (AvgIpc) is 2.49. The number of benzene rings is 1. The summed E-state index contributed by atoms with van der Waals surface area (Å²) in [6.45, 7) is 5.32. The van der Waals surface area contributed by atoms with Crippen LogP contribution in [0.15, 0.2) is 24.3 Å². The Balaban J connectivity index is 1.86. The van der Waals surface area contributed by atoms with Crippen LogP contribution in [0.4, 0.5) is 11.4 Å². The second kappa shape index (κ2) is 7.94. The molecule has 0 unspecified atom stereocenters. The number of hydrogen-bond donors (Lipinski definition) is 2. The maximum Gasteiger partial charge on any atom is 0.227 e. The lowest BCUT2D eigenvalue weighted by atomic mass is 9.99. The molecule has 2 rings (SSSR count). The van der Waals surface area contributed by atoms with Crippen molar-refractivity contribution >= 4 is 23.2 Å². The molecule has 1 aromatic carbocycles. The third-order valence-electron chi connectivity index (χ3n) is 3.62. The Labute approximate surface area is 131 Å². The van der Waals surface area contributed by atoms with E-state index in [0.29, 0.717) is 25.6 Å². The summed E-state index contributed by atoms with van der Waals surface area (Å²) in [7, 11) is 0. The largest absolute Gasteiger partial charge is 0.381 e. The molecular formula is C17H24N2O3. The van der Waals surface area contributed by atoms with Gasteiger partial charge < -0.3 is 15.4 Å².